The van der Waals surface area contributed by atoms with Crippen LogP contribution in [0.1, 0.15) is 41.6 Å². The van der Waals surface area contributed by atoms with Crippen molar-refractivity contribution >= 4 is 16.7 Å². The third-order valence-electron chi connectivity index (χ3n) is 5.02. The minimum atomic E-state index is -4.65. The summed E-state index contributed by atoms with van der Waals surface area (Å²) in [5.41, 5.74) is 2.19. The number of carbonyl (C=O) groups excluding carboxylic acids is 1. The number of aryl methyl sites for hydroxylation is 1. The molecule has 0 amide bonds. The monoisotopic (exact) mass is 383 g/mol. The Bertz CT molecular complexity index is 795. The van der Waals surface area contributed by atoms with Crippen LogP contribution in [0.25, 0.3) is 10.9 Å². The lowest BCUT2D eigenvalue weighted by Gasteiger charge is -2.22. The third-order valence-corrected chi connectivity index (χ3v) is 5.02. The quantitative estimate of drug-likeness (QED) is 0.583. The third kappa shape index (κ3) is 5.29. The second-order valence-electron chi connectivity index (χ2n) is 7.04. The second-order valence-corrected chi connectivity index (χ2v) is 7.04. The number of benzene rings is 1. The van der Waals surface area contributed by atoms with Crippen LogP contribution in [0.2, 0.25) is 0 Å². The summed E-state index contributed by atoms with van der Waals surface area (Å²) in [4.78, 5) is 12.4. The molecule has 0 radical (unpaired) electrons. The lowest BCUT2D eigenvalue weighted by atomic mass is 9.98. The molecular formula is C19H24F3N3O2. The molecule has 1 fully saturated rings. The zero-order valence-electron chi connectivity index (χ0n) is 15.3. The van der Waals surface area contributed by atoms with Gasteiger partial charge in [-0.2, -0.15) is 5.10 Å². The number of carbonyl (C=O) groups is 1. The van der Waals surface area contributed by atoms with Crippen molar-refractivity contribution in [1.29, 1.82) is 0 Å². The van der Waals surface area contributed by atoms with Gasteiger partial charge < -0.3 is 5.32 Å². The van der Waals surface area contributed by atoms with E-state index in [2.05, 4.69) is 15.2 Å². The Balaban J connectivity index is 1.66. The molecule has 1 aromatic carbocycles. The van der Waals surface area contributed by atoms with Gasteiger partial charge in [0.05, 0.1) is 12.1 Å². The van der Waals surface area contributed by atoms with Crippen LogP contribution in [-0.2, 0) is 11.3 Å². The highest BCUT2D eigenvalue weighted by molar-refractivity contribution is 6.01. The first-order valence-corrected chi connectivity index (χ1v) is 9.25. The molecule has 1 saturated heterocycles. The van der Waals surface area contributed by atoms with Crippen LogP contribution in [0.3, 0.4) is 0 Å². The minimum Gasteiger partial charge on any atom is -0.317 e. The number of hydrogen-bond donors (Lipinski definition) is 1. The number of nitrogens with zero attached hydrogens (tertiary/aromatic N) is 2. The van der Waals surface area contributed by atoms with Crippen LogP contribution in [0, 0.1) is 12.8 Å². The normalized spacial score (nSPS) is 16.1. The number of fused-ring (bicyclic) bond motifs is 1. The molecule has 2 aromatic rings. The van der Waals surface area contributed by atoms with Gasteiger partial charge in [-0.1, -0.05) is 0 Å². The molecule has 0 unspecified atom stereocenters. The molecule has 1 aliphatic rings. The average Bonchev–Trinajstić information content (AvgIpc) is 3.02. The summed E-state index contributed by atoms with van der Waals surface area (Å²) in [7, 11) is 0. The van der Waals surface area contributed by atoms with Gasteiger partial charge in [-0.3, -0.25) is 14.2 Å². The summed E-state index contributed by atoms with van der Waals surface area (Å²) in [5, 5.41) is 8.88. The van der Waals surface area contributed by atoms with Crippen molar-refractivity contribution in [2.75, 3.05) is 19.7 Å². The Morgan fingerprint density at radius 2 is 2.07 bits per heavy atom. The van der Waals surface area contributed by atoms with Gasteiger partial charge in [0, 0.05) is 30.1 Å². The van der Waals surface area contributed by atoms with E-state index in [-0.39, 0.29) is 18.6 Å². The molecule has 0 bridgehead atoms. The number of hydrogen-bond acceptors (Lipinski definition) is 4. The minimum absolute atomic E-state index is 0.0195. The molecule has 1 N–H and O–H groups in total. The summed E-state index contributed by atoms with van der Waals surface area (Å²) in [6.45, 7) is 4.26. The highest BCUT2D eigenvalue weighted by atomic mass is 19.4. The number of rotatable bonds is 7. The lowest BCUT2D eigenvalue weighted by Crippen LogP contribution is -2.29. The number of aromatic nitrogens is 2. The van der Waals surface area contributed by atoms with Crippen LogP contribution < -0.4 is 5.32 Å². The van der Waals surface area contributed by atoms with E-state index >= 15 is 0 Å². The predicted molar refractivity (Wildman–Crippen MR) is 95.6 cm³/mol. The van der Waals surface area contributed by atoms with E-state index in [4.69, 9.17) is 0 Å². The standard InChI is InChI=1S/C19H24F3N3O2/c1-13-15(18(26)3-2-10-27-19(20,21)22)4-5-17-16(13)12-25(24-17)11-14-6-8-23-9-7-14/h4-5,12,14,23H,2-3,6-11H2,1H3. The first-order chi connectivity index (χ1) is 12.8. The Morgan fingerprint density at radius 1 is 1.33 bits per heavy atom. The number of Topliss-reactive ketones (excluding diaryl/α,β-unsaturated/α-hetero) is 1. The maximum Gasteiger partial charge on any atom is 0.522 e. The van der Waals surface area contributed by atoms with Crippen molar-refractivity contribution in [2.45, 2.75) is 45.5 Å². The molecule has 148 valence electrons. The Kier molecular flexibility index (Phi) is 6.16. The molecule has 3 rings (SSSR count). The zero-order chi connectivity index (χ0) is 19.4. The lowest BCUT2D eigenvalue weighted by molar-refractivity contribution is -0.324. The first-order valence-electron chi connectivity index (χ1n) is 9.25. The molecule has 1 aromatic heterocycles. The van der Waals surface area contributed by atoms with Crippen molar-refractivity contribution in [3.63, 3.8) is 0 Å². The number of nitrogens with one attached hydrogen (secondary N) is 1. The number of alkyl halides is 3. The van der Waals surface area contributed by atoms with E-state index in [0.717, 1.165) is 48.9 Å². The Morgan fingerprint density at radius 3 is 2.78 bits per heavy atom. The smallest absolute Gasteiger partial charge is 0.317 e. The topological polar surface area (TPSA) is 56.1 Å². The van der Waals surface area contributed by atoms with Crippen molar-refractivity contribution in [3.8, 4) is 0 Å². The van der Waals surface area contributed by atoms with Gasteiger partial charge in [0.2, 0.25) is 0 Å². The highest BCUT2D eigenvalue weighted by Gasteiger charge is 2.28. The van der Waals surface area contributed by atoms with Crippen molar-refractivity contribution in [1.82, 2.24) is 15.1 Å². The van der Waals surface area contributed by atoms with Gasteiger partial charge in [0.15, 0.2) is 5.78 Å². The first kappa shape index (κ1) is 19.8. The molecule has 5 nitrogen and oxygen atoms in total. The van der Waals surface area contributed by atoms with Gasteiger partial charge in [0.1, 0.15) is 0 Å². The fraction of sp³-hybridized carbons (Fsp3) is 0.579. The molecule has 27 heavy (non-hydrogen) atoms. The molecule has 2 heterocycles. The summed E-state index contributed by atoms with van der Waals surface area (Å²) >= 11 is 0. The molecule has 0 spiro atoms. The summed E-state index contributed by atoms with van der Waals surface area (Å²) in [6.07, 6.45) is -0.384. The van der Waals surface area contributed by atoms with Crippen LogP contribution in [0.4, 0.5) is 13.2 Å². The van der Waals surface area contributed by atoms with E-state index in [1.165, 1.54) is 0 Å². The van der Waals surface area contributed by atoms with Crippen molar-refractivity contribution in [3.05, 3.63) is 29.5 Å². The van der Waals surface area contributed by atoms with Crippen LogP contribution >= 0.6 is 0 Å². The molecule has 0 saturated carbocycles. The van der Waals surface area contributed by atoms with Gasteiger partial charge in [0.25, 0.3) is 0 Å². The van der Waals surface area contributed by atoms with E-state index in [0.29, 0.717) is 11.5 Å². The van der Waals surface area contributed by atoms with E-state index in [9.17, 15) is 18.0 Å². The molecule has 8 heteroatoms. The van der Waals surface area contributed by atoms with Crippen LogP contribution in [0.15, 0.2) is 18.3 Å². The molecule has 1 aliphatic heterocycles. The highest BCUT2D eigenvalue weighted by Crippen LogP contribution is 2.24. The van der Waals surface area contributed by atoms with Gasteiger partial charge in [-0.05, 0) is 62.9 Å². The zero-order valence-corrected chi connectivity index (χ0v) is 15.3. The number of ether oxygens (including phenoxy) is 1. The summed E-state index contributed by atoms with van der Waals surface area (Å²) in [6, 6.07) is 3.52. The van der Waals surface area contributed by atoms with Gasteiger partial charge in [-0.25, -0.2) is 0 Å². The SMILES string of the molecule is Cc1c(C(=O)CCCOC(F)(F)F)ccc2nn(CC3CCNCC3)cc12. The fourth-order valence-corrected chi connectivity index (χ4v) is 3.56. The van der Waals surface area contributed by atoms with E-state index in [1.54, 1.807) is 12.1 Å². The van der Waals surface area contributed by atoms with Crippen molar-refractivity contribution in [2.24, 2.45) is 5.92 Å². The largest absolute Gasteiger partial charge is 0.522 e. The average molecular weight is 383 g/mol. The maximum absolute atomic E-state index is 12.4. The predicted octanol–water partition coefficient (Wildman–Crippen LogP) is 3.84. The maximum atomic E-state index is 12.4. The fourth-order valence-electron chi connectivity index (χ4n) is 3.56. The van der Waals surface area contributed by atoms with E-state index in [1.807, 2.05) is 17.8 Å². The van der Waals surface area contributed by atoms with Crippen LogP contribution in [-0.4, -0.2) is 41.6 Å². The molecule has 0 atom stereocenters. The summed E-state index contributed by atoms with van der Waals surface area (Å²) in [5.74, 6) is 0.418. The molecular weight excluding hydrogens is 359 g/mol. The van der Waals surface area contributed by atoms with Gasteiger partial charge in [-0.15, -0.1) is 13.2 Å². The van der Waals surface area contributed by atoms with Crippen LogP contribution in [0.5, 0.6) is 0 Å². The number of piperidine rings is 1. The van der Waals surface area contributed by atoms with Crippen molar-refractivity contribution < 1.29 is 22.7 Å². The van der Waals surface area contributed by atoms with E-state index < -0.39 is 13.0 Å². The Hall–Kier alpha value is -1.93. The van der Waals surface area contributed by atoms with Gasteiger partial charge >= 0.3 is 6.36 Å². The number of halogens is 3. The number of ketones is 1. The Labute approximate surface area is 155 Å². The second kappa shape index (κ2) is 8.39. The molecule has 0 aliphatic carbocycles. The summed E-state index contributed by atoms with van der Waals surface area (Å²) < 4.78 is 41.6.